The fraction of sp³-hybridized carbons (Fsp3) is 0.278. The van der Waals surface area contributed by atoms with Gasteiger partial charge in [-0.2, -0.15) is 5.10 Å². The van der Waals surface area contributed by atoms with Gasteiger partial charge in [-0.15, -0.1) is 0 Å². The maximum Gasteiger partial charge on any atom is 0.310 e. The summed E-state index contributed by atoms with van der Waals surface area (Å²) in [6.07, 6.45) is 0.209. The van der Waals surface area contributed by atoms with Gasteiger partial charge in [0, 0.05) is 33.1 Å². The molecule has 5 nitrogen and oxygen atoms in total. The van der Waals surface area contributed by atoms with Gasteiger partial charge in [-0.1, -0.05) is 28.1 Å². The highest BCUT2D eigenvalue weighted by molar-refractivity contribution is 9.10. The van der Waals surface area contributed by atoms with Gasteiger partial charge in [0.05, 0.1) is 18.7 Å². The molecule has 3 rings (SSSR count). The molecule has 0 spiro atoms. The van der Waals surface area contributed by atoms with Crippen LogP contribution < -0.4 is 0 Å². The van der Waals surface area contributed by atoms with Crippen LogP contribution in [0.25, 0.3) is 16.9 Å². The van der Waals surface area contributed by atoms with Gasteiger partial charge in [0.1, 0.15) is 0 Å². The summed E-state index contributed by atoms with van der Waals surface area (Å²) in [6, 6.07) is 9.93. The van der Waals surface area contributed by atoms with E-state index < -0.39 is 0 Å². The van der Waals surface area contributed by atoms with Gasteiger partial charge >= 0.3 is 5.97 Å². The number of aryl methyl sites for hydroxylation is 2. The van der Waals surface area contributed by atoms with Crippen molar-refractivity contribution in [3.8, 4) is 11.3 Å². The lowest BCUT2D eigenvalue weighted by Gasteiger charge is -2.10. The molecule has 1 aromatic carbocycles. The Bertz CT molecular complexity index is 918. The average Bonchev–Trinajstić information content (AvgIpc) is 2.96. The van der Waals surface area contributed by atoms with Gasteiger partial charge in [-0.25, -0.2) is 9.50 Å². The molecule has 3 aromatic rings. The topological polar surface area (TPSA) is 56.5 Å². The van der Waals surface area contributed by atoms with E-state index in [0.717, 1.165) is 38.3 Å². The first-order valence-corrected chi connectivity index (χ1v) is 8.56. The summed E-state index contributed by atoms with van der Waals surface area (Å²) in [4.78, 5) is 16.4. The van der Waals surface area contributed by atoms with Gasteiger partial charge in [0.15, 0.2) is 5.65 Å². The molecule has 0 saturated carbocycles. The second-order valence-corrected chi connectivity index (χ2v) is 6.47. The second-order valence-electron chi connectivity index (χ2n) is 5.55. The smallest absolute Gasteiger partial charge is 0.310 e. The Morgan fingerprint density at radius 1 is 1.29 bits per heavy atom. The van der Waals surface area contributed by atoms with E-state index in [2.05, 4.69) is 26.0 Å². The minimum Gasteiger partial charge on any atom is -0.466 e. The summed E-state index contributed by atoms with van der Waals surface area (Å²) >= 11 is 3.48. The van der Waals surface area contributed by atoms with E-state index in [1.807, 2.05) is 44.2 Å². The molecule has 0 aliphatic carbocycles. The summed E-state index contributed by atoms with van der Waals surface area (Å²) in [7, 11) is 0. The van der Waals surface area contributed by atoms with E-state index in [-0.39, 0.29) is 12.4 Å². The summed E-state index contributed by atoms with van der Waals surface area (Å²) < 4.78 is 7.84. The Balaban J connectivity index is 2.07. The number of aromatic nitrogens is 3. The van der Waals surface area contributed by atoms with Gasteiger partial charge in [-0.3, -0.25) is 4.79 Å². The summed E-state index contributed by atoms with van der Waals surface area (Å²) in [5, 5.41) is 4.66. The number of carbonyl (C=O) groups excluding carboxylic acids is 1. The van der Waals surface area contributed by atoms with Gasteiger partial charge < -0.3 is 4.74 Å². The van der Waals surface area contributed by atoms with Crippen molar-refractivity contribution in [2.75, 3.05) is 6.61 Å². The van der Waals surface area contributed by atoms with Crippen LogP contribution >= 0.6 is 15.9 Å². The molecule has 24 heavy (non-hydrogen) atoms. The molecule has 0 fully saturated rings. The second kappa shape index (κ2) is 6.73. The molecule has 0 aliphatic rings. The van der Waals surface area contributed by atoms with Crippen LogP contribution in [0.15, 0.2) is 34.8 Å². The highest BCUT2D eigenvalue weighted by Crippen LogP contribution is 2.24. The van der Waals surface area contributed by atoms with Crippen LogP contribution in [0.2, 0.25) is 0 Å². The minimum atomic E-state index is -0.246. The molecule has 0 unspecified atom stereocenters. The van der Waals surface area contributed by atoms with Crippen LogP contribution in [0.1, 0.15) is 23.9 Å². The number of halogens is 1. The van der Waals surface area contributed by atoms with Crippen molar-refractivity contribution in [2.24, 2.45) is 0 Å². The SMILES string of the molecule is CCOC(=O)Cc1c(C)nc2cc(-c3cccc(Br)c3)nn2c1C. The summed E-state index contributed by atoms with van der Waals surface area (Å²) in [5.41, 5.74) is 5.23. The fourth-order valence-electron chi connectivity index (χ4n) is 2.73. The van der Waals surface area contributed by atoms with E-state index in [1.165, 1.54) is 0 Å². The molecular formula is C18H18BrN3O2. The molecule has 0 N–H and O–H groups in total. The van der Waals surface area contributed by atoms with Crippen molar-refractivity contribution < 1.29 is 9.53 Å². The predicted molar refractivity (Wildman–Crippen MR) is 95.9 cm³/mol. The van der Waals surface area contributed by atoms with Crippen LogP contribution in [0.3, 0.4) is 0 Å². The molecule has 6 heteroatoms. The van der Waals surface area contributed by atoms with E-state index in [4.69, 9.17) is 4.74 Å². The number of carbonyl (C=O) groups is 1. The van der Waals surface area contributed by atoms with E-state index in [9.17, 15) is 4.79 Å². The quantitative estimate of drug-likeness (QED) is 0.637. The first kappa shape index (κ1) is 16.6. The molecule has 124 valence electrons. The van der Waals surface area contributed by atoms with Gasteiger partial charge in [0.2, 0.25) is 0 Å². The number of ether oxygens (including phenoxy) is 1. The number of fused-ring (bicyclic) bond motifs is 1. The monoisotopic (exact) mass is 387 g/mol. The molecular weight excluding hydrogens is 370 g/mol. The molecule has 2 aromatic heterocycles. The minimum absolute atomic E-state index is 0.209. The van der Waals surface area contributed by atoms with Crippen molar-refractivity contribution in [1.29, 1.82) is 0 Å². The number of hydrogen-bond donors (Lipinski definition) is 0. The largest absolute Gasteiger partial charge is 0.466 e. The van der Waals surface area contributed by atoms with Crippen LogP contribution in [-0.4, -0.2) is 27.2 Å². The Hall–Kier alpha value is -2.21. The lowest BCUT2D eigenvalue weighted by atomic mass is 10.1. The van der Waals surface area contributed by atoms with Gasteiger partial charge in [-0.05, 0) is 32.9 Å². The van der Waals surface area contributed by atoms with Crippen LogP contribution in [0.5, 0.6) is 0 Å². The van der Waals surface area contributed by atoms with Crippen LogP contribution in [0, 0.1) is 13.8 Å². The third kappa shape index (κ3) is 3.19. The lowest BCUT2D eigenvalue weighted by molar-refractivity contribution is -0.142. The molecule has 0 aliphatic heterocycles. The number of benzene rings is 1. The number of rotatable bonds is 4. The van der Waals surface area contributed by atoms with E-state index in [1.54, 1.807) is 11.4 Å². The van der Waals surface area contributed by atoms with E-state index in [0.29, 0.717) is 6.61 Å². The van der Waals surface area contributed by atoms with Crippen LogP contribution in [0.4, 0.5) is 0 Å². The highest BCUT2D eigenvalue weighted by Gasteiger charge is 2.16. The molecule has 0 saturated heterocycles. The number of nitrogens with zero attached hydrogens (tertiary/aromatic N) is 3. The van der Waals surface area contributed by atoms with Crippen molar-refractivity contribution in [1.82, 2.24) is 14.6 Å². The Morgan fingerprint density at radius 3 is 2.79 bits per heavy atom. The third-order valence-electron chi connectivity index (χ3n) is 3.91. The molecule has 2 heterocycles. The van der Waals surface area contributed by atoms with Crippen molar-refractivity contribution in [2.45, 2.75) is 27.2 Å². The maximum atomic E-state index is 11.8. The van der Waals surface area contributed by atoms with Crippen LogP contribution in [-0.2, 0) is 16.0 Å². The normalized spacial score (nSPS) is 11.0. The standard InChI is InChI=1S/C18H18BrN3O2/c1-4-24-18(23)9-15-11(2)20-17-10-16(21-22(17)12(15)3)13-6-5-7-14(19)8-13/h5-8,10H,4,9H2,1-3H3. The maximum absolute atomic E-state index is 11.8. The number of hydrogen-bond acceptors (Lipinski definition) is 4. The van der Waals surface area contributed by atoms with Crippen molar-refractivity contribution in [3.63, 3.8) is 0 Å². The van der Waals surface area contributed by atoms with Crippen molar-refractivity contribution >= 4 is 27.5 Å². The molecule has 0 atom stereocenters. The van der Waals surface area contributed by atoms with Crippen molar-refractivity contribution in [3.05, 3.63) is 51.8 Å². The zero-order chi connectivity index (χ0) is 17.3. The first-order valence-electron chi connectivity index (χ1n) is 7.77. The predicted octanol–water partition coefficient (Wildman–Crippen LogP) is 3.88. The molecule has 0 amide bonds. The summed E-state index contributed by atoms with van der Waals surface area (Å²) in [6.45, 7) is 6.04. The number of esters is 1. The average molecular weight is 388 g/mol. The Labute approximate surface area is 148 Å². The zero-order valence-corrected chi connectivity index (χ0v) is 15.4. The first-order chi connectivity index (χ1) is 11.5. The van der Waals surface area contributed by atoms with E-state index >= 15 is 0 Å². The highest BCUT2D eigenvalue weighted by atomic mass is 79.9. The Kier molecular flexibility index (Phi) is 4.66. The Morgan fingerprint density at radius 2 is 2.08 bits per heavy atom. The lowest BCUT2D eigenvalue weighted by Crippen LogP contribution is -2.13. The zero-order valence-electron chi connectivity index (χ0n) is 13.8. The summed E-state index contributed by atoms with van der Waals surface area (Å²) in [5.74, 6) is -0.246. The van der Waals surface area contributed by atoms with Gasteiger partial charge in [0.25, 0.3) is 0 Å². The third-order valence-corrected chi connectivity index (χ3v) is 4.40. The fourth-order valence-corrected chi connectivity index (χ4v) is 3.13. The molecule has 0 bridgehead atoms. The molecule has 0 radical (unpaired) electrons.